The molecule has 18 heavy (non-hydrogen) atoms. The number of hydrogen-bond donors (Lipinski definition) is 0. The van der Waals surface area contributed by atoms with Crippen LogP contribution in [0.1, 0.15) is 18.9 Å². The van der Waals surface area contributed by atoms with Crippen LogP contribution in [0.25, 0.3) is 0 Å². The Labute approximate surface area is 107 Å². The molecule has 0 saturated carbocycles. The van der Waals surface area contributed by atoms with E-state index in [4.69, 9.17) is 9.47 Å². The van der Waals surface area contributed by atoms with Crippen molar-refractivity contribution in [3.8, 4) is 11.5 Å². The molecule has 1 aliphatic rings. The molecule has 0 N–H and O–H groups in total. The molecule has 92 valence electrons. The van der Waals surface area contributed by atoms with Crippen LogP contribution in [0, 0.1) is 0 Å². The van der Waals surface area contributed by atoms with Crippen molar-refractivity contribution in [1.82, 2.24) is 0 Å². The van der Waals surface area contributed by atoms with Gasteiger partial charge in [-0.25, -0.2) is 0 Å². The van der Waals surface area contributed by atoms with Crippen molar-refractivity contribution in [3.05, 3.63) is 60.2 Å². The lowest BCUT2D eigenvalue weighted by Gasteiger charge is -2.39. The average Bonchev–Trinajstić information content (AvgIpc) is 2.38. The van der Waals surface area contributed by atoms with E-state index in [1.807, 2.05) is 42.5 Å². The van der Waals surface area contributed by atoms with Gasteiger partial charge in [-0.3, -0.25) is 0 Å². The van der Waals surface area contributed by atoms with Crippen LogP contribution in [0.3, 0.4) is 0 Å². The van der Waals surface area contributed by atoms with Gasteiger partial charge >= 0.3 is 0 Å². The standard InChI is InChI=1S/C16H16O2/c1-16(11-12-17-16)13-7-9-15(10-8-13)18-14-5-3-2-4-6-14/h2-10H,11-12H2,1H3. The molecular formula is C16H16O2. The van der Waals surface area contributed by atoms with E-state index < -0.39 is 0 Å². The molecule has 1 heterocycles. The predicted molar refractivity (Wildman–Crippen MR) is 70.9 cm³/mol. The van der Waals surface area contributed by atoms with E-state index in [0.29, 0.717) is 0 Å². The van der Waals surface area contributed by atoms with Crippen LogP contribution in [-0.2, 0) is 10.3 Å². The average molecular weight is 240 g/mol. The molecule has 2 nitrogen and oxygen atoms in total. The zero-order valence-electron chi connectivity index (χ0n) is 10.4. The highest BCUT2D eigenvalue weighted by Crippen LogP contribution is 2.37. The van der Waals surface area contributed by atoms with Crippen molar-refractivity contribution in [2.24, 2.45) is 0 Å². The maximum atomic E-state index is 5.76. The van der Waals surface area contributed by atoms with Gasteiger partial charge in [-0.05, 0) is 36.8 Å². The van der Waals surface area contributed by atoms with Gasteiger partial charge in [0.15, 0.2) is 0 Å². The fraction of sp³-hybridized carbons (Fsp3) is 0.250. The van der Waals surface area contributed by atoms with Crippen molar-refractivity contribution in [2.75, 3.05) is 6.61 Å². The first-order chi connectivity index (χ1) is 8.76. The topological polar surface area (TPSA) is 18.5 Å². The minimum Gasteiger partial charge on any atom is -0.457 e. The first-order valence-electron chi connectivity index (χ1n) is 6.24. The summed E-state index contributed by atoms with van der Waals surface area (Å²) in [5.41, 5.74) is 1.12. The van der Waals surface area contributed by atoms with Crippen molar-refractivity contribution in [3.63, 3.8) is 0 Å². The van der Waals surface area contributed by atoms with Crippen LogP contribution < -0.4 is 4.74 Å². The van der Waals surface area contributed by atoms with Crippen molar-refractivity contribution < 1.29 is 9.47 Å². The SMILES string of the molecule is CC1(c2ccc(Oc3ccccc3)cc2)CCO1. The largest absolute Gasteiger partial charge is 0.457 e. The summed E-state index contributed by atoms with van der Waals surface area (Å²) in [7, 11) is 0. The van der Waals surface area contributed by atoms with Gasteiger partial charge in [0.1, 0.15) is 11.5 Å². The minimum absolute atomic E-state index is 0.0920. The summed E-state index contributed by atoms with van der Waals surface area (Å²) < 4.78 is 11.4. The molecule has 2 heteroatoms. The van der Waals surface area contributed by atoms with Crippen molar-refractivity contribution in [1.29, 1.82) is 0 Å². The second-order valence-corrected chi connectivity index (χ2v) is 4.77. The normalized spacial score (nSPS) is 22.3. The van der Waals surface area contributed by atoms with Gasteiger partial charge in [0.2, 0.25) is 0 Å². The summed E-state index contributed by atoms with van der Waals surface area (Å²) >= 11 is 0. The Bertz CT molecular complexity index is 513. The lowest BCUT2D eigenvalue weighted by molar-refractivity contribution is -0.140. The van der Waals surface area contributed by atoms with Gasteiger partial charge in [-0.2, -0.15) is 0 Å². The predicted octanol–water partition coefficient (Wildman–Crippen LogP) is 4.11. The van der Waals surface area contributed by atoms with Gasteiger partial charge in [-0.1, -0.05) is 30.3 Å². The summed E-state index contributed by atoms with van der Waals surface area (Å²) in [5, 5.41) is 0. The third-order valence-electron chi connectivity index (χ3n) is 3.44. The molecule has 1 unspecified atom stereocenters. The van der Waals surface area contributed by atoms with Crippen LogP contribution in [0.15, 0.2) is 54.6 Å². The number of benzene rings is 2. The highest BCUT2D eigenvalue weighted by atomic mass is 16.5. The molecular weight excluding hydrogens is 224 g/mol. The molecule has 2 aromatic carbocycles. The summed E-state index contributed by atoms with van der Waals surface area (Å²) in [6.45, 7) is 2.99. The maximum absolute atomic E-state index is 5.76. The Morgan fingerprint density at radius 2 is 1.56 bits per heavy atom. The third-order valence-corrected chi connectivity index (χ3v) is 3.44. The second-order valence-electron chi connectivity index (χ2n) is 4.77. The van der Waals surface area contributed by atoms with Crippen molar-refractivity contribution in [2.45, 2.75) is 18.9 Å². The molecule has 1 fully saturated rings. The van der Waals surface area contributed by atoms with Crippen LogP contribution in [-0.4, -0.2) is 6.61 Å². The van der Waals surface area contributed by atoms with E-state index >= 15 is 0 Å². The quantitative estimate of drug-likeness (QED) is 0.803. The monoisotopic (exact) mass is 240 g/mol. The maximum Gasteiger partial charge on any atom is 0.127 e. The van der Waals surface area contributed by atoms with Crippen LogP contribution in [0.4, 0.5) is 0 Å². The lowest BCUT2D eigenvalue weighted by atomic mass is 9.89. The molecule has 2 aromatic rings. The third kappa shape index (κ3) is 2.12. The molecule has 0 radical (unpaired) electrons. The summed E-state index contributed by atoms with van der Waals surface area (Å²) in [6.07, 6.45) is 1.09. The fourth-order valence-electron chi connectivity index (χ4n) is 2.14. The molecule has 0 spiro atoms. The zero-order chi connectivity index (χ0) is 12.4. The number of rotatable bonds is 3. The van der Waals surface area contributed by atoms with Crippen LogP contribution >= 0.6 is 0 Å². The zero-order valence-corrected chi connectivity index (χ0v) is 10.4. The molecule has 0 aliphatic carbocycles. The van der Waals surface area contributed by atoms with Gasteiger partial charge in [0.05, 0.1) is 12.2 Å². The molecule has 1 saturated heterocycles. The molecule has 3 rings (SSSR count). The smallest absolute Gasteiger partial charge is 0.127 e. The summed E-state index contributed by atoms with van der Waals surface area (Å²) in [4.78, 5) is 0. The van der Waals surface area contributed by atoms with E-state index in [1.54, 1.807) is 0 Å². The lowest BCUT2D eigenvalue weighted by Crippen LogP contribution is -2.37. The Hall–Kier alpha value is -1.80. The minimum atomic E-state index is -0.0920. The summed E-state index contributed by atoms with van der Waals surface area (Å²) in [5.74, 6) is 1.71. The number of ether oxygens (including phenoxy) is 2. The number of hydrogen-bond acceptors (Lipinski definition) is 2. The molecule has 0 amide bonds. The Balaban J connectivity index is 1.75. The van der Waals surface area contributed by atoms with E-state index in [-0.39, 0.29) is 5.60 Å². The van der Waals surface area contributed by atoms with E-state index in [0.717, 1.165) is 24.5 Å². The number of para-hydroxylation sites is 1. The molecule has 1 atom stereocenters. The van der Waals surface area contributed by atoms with E-state index in [2.05, 4.69) is 19.1 Å². The molecule has 0 bridgehead atoms. The van der Waals surface area contributed by atoms with Crippen molar-refractivity contribution >= 4 is 0 Å². The highest BCUT2D eigenvalue weighted by molar-refractivity contribution is 5.35. The highest BCUT2D eigenvalue weighted by Gasteiger charge is 2.34. The van der Waals surface area contributed by atoms with Gasteiger partial charge in [-0.15, -0.1) is 0 Å². The molecule has 1 aliphatic heterocycles. The van der Waals surface area contributed by atoms with Crippen LogP contribution in [0.2, 0.25) is 0 Å². The first kappa shape index (κ1) is 11.3. The Kier molecular flexibility index (Phi) is 2.80. The summed E-state index contributed by atoms with van der Waals surface area (Å²) in [6, 6.07) is 18.0. The Morgan fingerprint density at radius 1 is 0.944 bits per heavy atom. The van der Waals surface area contributed by atoms with E-state index in [1.165, 1.54) is 5.56 Å². The Morgan fingerprint density at radius 3 is 2.11 bits per heavy atom. The van der Waals surface area contributed by atoms with Crippen LogP contribution in [0.5, 0.6) is 11.5 Å². The van der Waals surface area contributed by atoms with Gasteiger partial charge < -0.3 is 9.47 Å². The van der Waals surface area contributed by atoms with E-state index in [9.17, 15) is 0 Å². The van der Waals surface area contributed by atoms with Gasteiger partial charge in [0, 0.05) is 6.42 Å². The second kappa shape index (κ2) is 4.46. The van der Waals surface area contributed by atoms with Gasteiger partial charge in [0.25, 0.3) is 0 Å². The fourth-order valence-corrected chi connectivity index (χ4v) is 2.14. The molecule has 0 aromatic heterocycles. The first-order valence-corrected chi connectivity index (χ1v) is 6.24.